The second-order valence-electron chi connectivity index (χ2n) is 10.0. The summed E-state index contributed by atoms with van der Waals surface area (Å²) in [6.45, 7) is 10.4. The third kappa shape index (κ3) is 5.15. The maximum absolute atomic E-state index is 13.5. The second-order valence-corrected chi connectivity index (χ2v) is 10.0. The van der Waals surface area contributed by atoms with Crippen LogP contribution in [0.2, 0.25) is 0 Å². The van der Waals surface area contributed by atoms with Gasteiger partial charge in [0, 0.05) is 29.3 Å². The van der Waals surface area contributed by atoms with Crippen molar-refractivity contribution in [3.63, 3.8) is 0 Å². The Bertz CT molecular complexity index is 1230. The number of carbonyl (C=O) groups excluding carboxylic acids is 2. The highest BCUT2D eigenvalue weighted by molar-refractivity contribution is 6.01. The molecule has 2 aliphatic rings. The third-order valence-corrected chi connectivity index (χ3v) is 6.62. The lowest BCUT2D eigenvalue weighted by atomic mass is 9.66. The predicted molar refractivity (Wildman–Crippen MR) is 134 cm³/mol. The Balaban J connectivity index is 1.74. The zero-order valence-electron chi connectivity index (χ0n) is 21.2. The van der Waals surface area contributed by atoms with Gasteiger partial charge < -0.3 is 19.5 Å². The average Bonchev–Trinajstić information content (AvgIpc) is 2.81. The van der Waals surface area contributed by atoms with Gasteiger partial charge in [-0.2, -0.15) is 0 Å². The van der Waals surface area contributed by atoms with Crippen LogP contribution in [0.3, 0.4) is 0 Å². The van der Waals surface area contributed by atoms with E-state index in [0.717, 1.165) is 11.3 Å². The molecule has 0 saturated heterocycles. The molecule has 2 atom stereocenters. The number of hydrogen-bond donors (Lipinski definition) is 1. The molecule has 1 aliphatic carbocycles. The quantitative estimate of drug-likeness (QED) is 0.518. The number of ether oxygens (including phenoxy) is 3. The van der Waals surface area contributed by atoms with Crippen molar-refractivity contribution in [2.45, 2.75) is 46.1 Å². The van der Waals surface area contributed by atoms with Gasteiger partial charge in [0.05, 0.1) is 13.7 Å². The molecule has 4 rings (SSSR count). The fraction of sp³-hybridized carbons (Fsp3) is 0.379. The van der Waals surface area contributed by atoms with Crippen molar-refractivity contribution >= 4 is 11.8 Å². The van der Waals surface area contributed by atoms with Crippen molar-refractivity contribution in [3.05, 3.63) is 83.0 Å². The Morgan fingerprint density at radius 2 is 1.94 bits per heavy atom. The first-order valence-corrected chi connectivity index (χ1v) is 12.1. The first kappa shape index (κ1) is 25.5. The van der Waals surface area contributed by atoms with E-state index in [9.17, 15) is 14.0 Å². The van der Waals surface area contributed by atoms with E-state index < -0.39 is 17.8 Å². The van der Waals surface area contributed by atoms with Crippen LogP contribution in [0.1, 0.15) is 50.7 Å². The van der Waals surface area contributed by atoms with Gasteiger partial charge in [0.15, 0.2) is 17.3 Å². The van der Waals surface area contributed by atoms with Gasteiger partial charge in [-0.15, -0.1) is 0 Å². The fourth-order valence-electron chi connectivity index (χ4n) is 5.10. The number of halogens is 1. The summed E-state index contributed by atoms with van der Waals surface area (Å²) in [5.74, 6) is -1.18. The maximum Gasteiger partial charge on any atom is 0.315 e. The molecule has 0 radical (unpaired) electrons. The summed E-state index contributed by atoms with van der Waals surface area (Å²) < 4.78 is 30.4. The van der Waals surface area contributed by atoms with Gasteiger partial charge >= 0.3 is 5.97 Å². The van der Waals surface area contributed by atoms with Crippen molar-refractivity contribution in [2.75, 3.05) is 13.7 Å². The molecule has 0 saturated carbocycles. The summed E-state index contributed by atoms with van der Waals surface area (Å²) in [4.78, 5) is 26.5. The molecule has 190 valence electrons. The number of hydrogen-bond acceptors (Lipinski definition) is 6. The number of methoxy groups -OCH3 is 1. The largest absolute Gasteiger partial charge is 0.493 e. The highest BCUT2D eigenvalue weighted by atomic mass is 19.1. The number of carbonyl (C=O) groups is 2. The minimum Gasteiger partial charge on any atom is -0.493 e. The molecule has 0 bridgehead atoms. The lowest BCUT2D eigenvalue weighted by Crippen LogP contribution is -2.43. The van der Waals surface area contributed by atoms with E-state index in [0.29, 0.717) is 41.2 Å². The zero-order valence-corrected chi connectivity index (χ0v) is 21.2. The molecule has 6 nitrogen and oxygen atoms in total. The average molecular weight is 494 g/mol. The van der Waals surface area contributed by atoms with Crippen LogP contribution in [0.25, 0.3) is 0 Å². The molecule has 0 amide bonds. The summed E-state index contributed by atoms with van der Waals surface area (Å²) in [6.07, 6.45) is 1.06. The van der Waals surface area contributed by atoms with Crippen molar-refractivity contribution < 1.29 is 28.2 Å². The molecule has 1 heterocycles. The summed E-state index contributed by atoms with van der Waals surface area (Å²) >= 11 is 0. The van der Waals surface area contributed by atoms with Crippen LogP contribution < -0.4 is 14.8 Å². The molecule has 0 aromatic heterocycles. The Morgan fingerprint density at radius 1 is 1.17 bits per heavy atom. The third-order valence-electron chi connectivity index (χ3n) is 6.62. The predicted octanol–water partition coefficient (Wildman–Crippen LogP) is 5.44. The summed E-state index contributed by atoms with van der Waals surface area (Å²) in [5, 5.41) is 3.25. The number of benzene rings is 2. The smallest absolute Gasteiger partial charge is 0.315 e. The minimum atomic E-state index is -0.766. The molecular formula is C29H32FNO5. The highest BCUT2D eigenvalue weighted by Crippen LogP contribution is 2.49. The van der Waals surface area contributed by atoms with E-state index in [1.807, 2.05) is 6.07 Å². The maximum atomic E-state index is 13.5. The molecule has 7 heteroatoms. The van der Waals surface area contributed by atoms with Gasteiger partial charge in [0.1, 0.15) is 18.3 Å². The zero-order chi connectivity index (χ0) is 26.0. The lowest BCUT2D eigenvalue weighted by molar-refractivity contribution is -0.147. The first-order valence-electron chi connectivity index (χ1n) is 12.1. The van der Waals surface area contributed by atoms with Crippen LogP contribution in [-0.4, -0.2) is 25.5 Å². The van der Waals surface area contributed by atoms with Crippen molar-refractivity contribution in [2.24, 2.45) is 11.3 Å². The number of ketones is 1. The molecule has 0 spiro atoms. The molecule has 0 fully saturated rings. The number of nitrogens with one attached hydrogen (secondary N) is 1. The highest BCUT2D eigenvalue weighted by Gasteiger charge is 2.46. The molecule has 2 unspecified atom stereocenters. The van der Waals surface area contributed by atoms with Crippen LogP contribution in [0.4, 0.5) is 4.39 Å². The van der Waals surface area contributed by atoms with Gasteiger partial charge in [-0.3, -0.25) is 9.59 Å². The van der Waals surface area contributed by atoms with Gasteiger partial charge in [-0.25, -0.2) is 4.39 Å². The van der Waals surface area contributed by atoms with Gasteiger partial charge in [-0.1, -0.05) is 38.6 Å². The summed E-state index contributed by atoms with van der Waals surface area (Å²) in [6, 6.07) is 11.6. The van der Waals surface area contributed by atoms with E-state index in [2.05, 4.69) is 25.7 Å². The minimum absolute atomic E-state index is 0.00551. The van der Waals surface area contributed by atoms with Crippen LogP contribution in [0.15, 0.2) is 66.0 Å². The van der Waals surface area contributed by atoms with Gasteiger partial charge in [-0.05, 0) is 54.2 Å². The van der Waals surface area contributed by atoms with Crippen molar-refractivity contribution in [3.8, 4) is 11.5 Å². The molecule has 2 aromatic rings. The summed E-state index contributed by atoms with van der Waals surface area (Å²) in [5.41, 5.74) is 3.12. The van der Waals surface area contributed by atoms with E-state index in [-0.39, 0.29) is 30.2 Å². The Hall–Kier alpha value is -3.61. The van der Waals surface area contributed by atoms with E-state index >= 15 is 0 Å². The number of esters is 1. The number of Topliss-reactive ketones (excluding diaryl/α,β-unsaturated/α-hetero) is 1. The molecular weight excluding hydrogens is 461 g/mol. The van der Waals surface area contributed by atoms with Gasteiger partial charge in [0.25, 0.3) is 0 Å². The SMILES string of the molecule is C=C1NC2=C(C(=O)CC(C)(C)C2)C(c2ccc(OCc3cccc(F)c3)c(OC)c2)C1C(=O)OCC. The monoisotopic (exact) mass is 493 g/mol. The molecule has 1 N–H and O–H groups in total. The topological polar surface area (TPSA) is 73.9 Å². The van der Waals surface area contributed by atoms with Crippen molar-refractivity contribution in [1.82, 2.24) is 5.32 Å². The van der Waals surface area contributed by atoms with Gasteiger partial charge in [0.2, 0.25) is 0 Å². The lowest BCUT2D eigenvalue weighted by Gasteiger charge is -2.42. The summed E-state index contributed by atoms with van der Waals surface area (Å²) in [7, 11) is 1.53. The van der Waals surface area contributed by atoms with E-state index in [4.69, 9.17) is 14.2 Å². The van der Waals surface area contributed by atoms with Crippen LogP contribution in [0.5, 0.6) is 11.5 Å². The number of rotatable bonds is 7. The molecule has 1 aliphatic heterocycles. The van der Waals surface area contributed by atoms with Crippen LogP contribution in [0, 0.1) is 17.2 Å². The van der Waals surface area contributed by atoms with E-state index in [1.165, 1.54) is 19.2 Å². The Kier molecular flexibility index (Phi) is 7.20. The van der Waals surface area contributed by atoms with Crippen molar-refractivity contribution in [1.29, 1.82) is 0 Å². The molecule has 36 heavy (non-hydrogen) atoms. The van der Waals surface area contributed by atoms with Crippen LogP contribution >= 0.6 is 0 Å². The fourth-order valence-corrected chi connectivity index (χ4v) is 5.10. The Morgan fingerprint density at radius 3 is 2.64 bits per heavy atom. The molecule has 2 aromatic carbocycles. The van der Waals surface area contributed by atoms with E-state index in [1.54, 1.807) is 31.2 Å². The second kappa shape index (κ2) is 10.2. The standard InChI is InChI=1S/C29H32FNO5/c1-6-35-28(33)25-17(2)31-21-14-29(3,4)15-22(32)27(21)26(25)19-10-11-23(24(13-19)34-5)36-16-18-8-7-9-20(30)12-18/h7-13,25-26,31H,2,6,14-16H2,1,3-5H3. The number of allylic oxidation sites excluding steroid dienone is 2. The first-order chi connectivity index (χ1) is 17.1. The normalized spacial score (nSPS) is 20.9. The Labute approximate surface area is 211 Å². The van der Waals surface area contributed by atoms with Crippen LogP contribution in [-0.2, 0) is 20.9 Å².